The molecule has 0 unspecified atom stereocenters. The summed E-state index contributed by atoms with van der Waals surface area (Å²) in [6.07, 6.45) is 1.41. The third-order valence-corrected chi connectivity index (χ3v) is 2.81. The summed E-state index contributed by atoms with van der Waals surface area (Å²) in [6.45, 7) is 1.90. The molecular formula is C14H13FN2O3. The number of carbonyl (C=O) groups is 1. The smallest absolute Gasteiger partial charge is 0.340 e. The summed E-state index contributed by atoms with van der Waals surface area (Å²) in [4.78, 5) is 27.0. The van der Waals surface area contributed by atoms with Crippen LogP contribution in [-0.4, -0.2) is 22.6 Å². The highest BCUT2D eigenvalue weighted by Gasteiger charge is 2.12. The Labute approximate surface area is 114 Å². The normalized spacial score (nSPS) is 10.3. The summed E-state index contributed by atoms with van der Waals surface area (Å²) in [5, 5.41) is 0. The van der Waals surface area contributed by atoms with Gasteiger partial charge in [0.2, 0.25) is 0 Å². The number of rotatable bonds is 3. The number of ether oxygens (including phenoxy) is 1. The Hall–Kier alpha value is -2.50. The lowest BCUT2D eigenvalue weighted by atomic mass is 10.1. The SMILES string of the molecule is COC(=O)c1ccc(Cn2cnc(C)cc2=O)cc1F. The lowest BCUT2D eigenvalue weighted by Crippen LogP contribution is -2.20. The van der Waals surface area contributed by atoms with Crippen molar-refractivity contribution in [2.45, 2.75) is 13.5 Å². The molecule has 2 aromatic rings. The molecule has 0 N–H and O–H groups in total. The van der Waals surface area contributed by atoms with Crippen LogP contribution in [0.25, 0.3) is 0 Å². The summed E-state index contributed by atoms with van der Waals surface area (Å²) < 4.78 is 19.6. The fourth-order valence-corrected chi connectivity index (χ4v) is 1.76. The predicted octanol–water partition coefficient (Wildman–Crippen LogP) is 1.53. The van der Waals surface area contributed by atoms with E-state index in [1.54, 1.807) is 13.0 Å². The second kappa shape index (κ2) is 5.64. The van der Waals surface area contributed by atoms with Crippen molar-refractivity contribution in [3.63, 3.8) is 0 Å². The quantitative estimate of drug-likeness (QED) is 0.798. The van der Waals surface area contributed by atoms with E-state index in [9.17, 15) is 14.0 Å². The largest absolute Gasteiger partial charge is 0.465 e. The van der Waals surface area contributed by atoms with Gasteiger partial charge in [0.1, 0.15) is 5.82 Å². The molecule has 0 radical (unpaired) electrons. The Morgan fingerprint density at radius 2 is 2.15 bits per heavy atom. The van der Waals surface area contributed by atoms with Gasteiger partial charge in [0.05, 0.1) is 25.5 Å². The first-order valence-electron chi connectivity index (χ1n) is 5.91. The average Bonchev–Trinajstić information content (AvgIpc) is 2.41. The number of esters is 1. The average molecular weight is 276 g/mol. The highest BCUT2D eigenvalue weighted by Crippen LogP contribution is 2.12. The van der Waals surface area contributed by atoms with Crippen LogP contribution >= 0.6 is 0 Å². The van der Waals surface area contributed by atoms with Gasteiger partial charge in [0, 0.05) is 11.8 Å². The van der Waals surface area contributed by atoms with E-state index in [1.807, 2.05) is 0 Å². The highest BCUT2D eigenvalue weighted by atomic mass is 19.1. The molecule has 0 bridgehead atoms. The first-order chi connectivity index (χ1) is 9.51. The fraction of sp³-hybridized carbons (Fsp3) is 0.214. The van der Waals surface area contributed by atoms with Crippen molar-refractivity contribution in [1.82, 2.24) is 9.55 Å². The van der Waals surface area contributed by atoms with Crippen LogP contribution in [0.2, 0.25) is 0 Å². The Morgan fingerprint density at radius 1 is 1.40 bits per heavy atom. The second-order valence-electron chi connectivity index (χ2n) is 4.30. The lowest BCUT2D eigenvalue weighted by Gasteiger charge is -2.07. The minimum absolute atomic E-state index is 0.134. The predicted molar refractivity (Wildman–Crippen MR) is 70.1 cm³/mol. The standard InChI is InChI=1S/C14H13FN2O3/c1-9-5-13(18)17(8-16-9)7-10-3-4-11(12(15)6-10)14(19)20-2/h3-6,8H,7H2,1-2H3. The van der Waals surface area contributed by atoms with Gasteiger partial charge < -0.3 is 4.74 Å². The molecule has 5 nitrogen and oxygen atoms in total. The summed E-state index contributed by atoms with van der Waals surface area (Å²) in [6, 6.07) is 5.52. The van der Waals surface area contributed by atoms with Gasteiger partial charge in [-0.05, 0) is 24.6 Å². The number of carbonyl (C=O) groups excluding carboxylic acids is 1. The third kappa shape index (κ3) is 2.90. The van der Waals surface area contributed by atoms with Crippen LogP contribution in [0.3, 0.4) is 0 Å². The molecule has 2 rings (SSSR count). The number of methoxy groups -OCH3 is 1. The van der Waals surface area contributed by atoms with E-state index in [4.69, 9.17) is 0 Å². The van der Waals surface area contributed by atoms with Crippen LogP contribution < -0.4 is 5.56 Å². The molecule has 20 heavy (non-hydrogen) atoms. The van der Waals surface area contributed by atoms with Gasteiger partial charge in [-0.25, -0.2) is 14.2 Å². The monoisotopic (exact) mass is 276 g/mol. The Kier molecular flexibility index (Phi) is 3.93. The minimum atomic E-state index is -0.733. The molecule has 0 aliphatic carbocycles. The summed E-state index contributed by atoms with van der Waals surface area (Å²) in [5.74, 6) is -1.41. The molecule has 1 aromatic carbocycles. The molecule has 1 heterocycles. The van der Waals surface area contributed by atoms with Crippen LogP contribution in [0, 0.1) is 12.7 Å². The second-order valence-corrected chi connectivity index (χ2v) is 4.30. The molecule has 6 heteroatoms. The molecule has 0 fully saturated rings. The van der Waals surface area contributed by atoms with Crippen molar-refractivity contribution < 1.29 is 13.9 Å². The van der Waals surface area contributed by atoms with Gasteiger partial charge in [-0.1, -0.05) is 6.07 Å². The maximum atomic E-state index is 13.8. The number of halogens is 1. The van der Waals surface area contributed by atoms with Gasteiger partial charge in [-0.15, -0.1) is 0 Å². The van der Waals surface area contributed by atoms with Crippen molar-refractivity contribution in [1.29, 1.82) is 0 Å². The van der Waals surface area contributed by atoms with E-state index in [-0.39, 0.29) is 17.7 Å². The van der Waals surface area contributed by atoms with E-state index < -0.39 is 11.8 Å². The zero-order chi connectivity index (χ0) is 14.7. The number of nitrogens with zero attached hydrogens (tertiary/aromatic N) is 2. The summed E-state index contributed by atoms with van der Waals surface area (Å²) in [7, 11) is 1.19. The lowest BCUT2D eigenvalue weighted by molar-refractivity contribution is 0.0595. The number of aryl methyl sites for hydroxylation is 1. The van der Waals surface area contributed by atoms with Crippen molar-refractivity contribution in [2.75, 3.05) is 7.11 Å². The van der Waals surface area contributed by atoms with E-state index in [0.29, 0.717) is 11.3 Å². The van der Waals surface area contributed by atoms with Crippen LogP contribution in [-0.2, 0) is 11.3 Å². The molecule has 1 aromatic heterocycles. The molecule has 0 spiro atoms. The van der Waals surface area contributed by atoms with Crippen molar-refractivity contribution in [2.24, 2.45) is 0 Å². The zero-order valence-electron chi connectivity index (χ0n) is 11.1. The third-order valence-electron chi connectivity index (χ3n) is 2.81. The van der Waals surface area contributed by atoms with Crippen LogP contribution in [0.5, 0.6) is 0 Å². The van der Waals surface area contributed by atoms with Gasteiger partial charge in [-0.3, -0.25) is 9.36 Å². The molecule has 0 atom stereocenters. The molecule has 0 aliphatic heterocycles. The fourth-order valence-electron chi connectivity index (χ4n) is 1.76. The molecule has 0 saturated heterocycles. The summed E-state index contributed by atoms with van der Waals surface area (Å²) in [5.41, 5.74) is 0.835. The topological polar surface area (TPSA) is 61.2 Å². The number of hydrogen-bond donors (Lipinski definition) is 0. The van der Waals surface area contributed by atoms with Crippen molar-refractivity contribution in [3.05, 3.63) is 63.6 Å². The maximum Gasteiger partial charge on any atom is 0.340 e. The van der Waals surface area contributed by atoms with Crippen LogP contribution in [0.1, 0.15) is 21.6 Å². The summed E-state index contributed by atoms with van der Waals surface area (Å²) >= 11 is 0. The molecule has 0 saturated carbocycles. The van der Waals surface area contributed by atoms with Crippen molar-refractivity contribution in [3.8, 4) is 0 Å². The van der Waals surface area contributed by atoms with Crippen molar-refractivity contribution >= 4 is 5.97 Å². The van der Waals surface area contributed by atoms with E-state index >= 15 is 0 Å². The van der Waals surface area contributed by atoms with Gasteiger partial charge in [-0.2, -0.15) is 0 Å². The van der Waals surface area contributed by atoms with E-state index in [2.05, 4.69) is 9.72 Å². The Morgan fingerprint density at radius 3 is 2.75 bits per heavy atom. The van der Waals surface area contributed by atoms with Crippen LogP contribution in [0.4, 0.5) is 4.39 Å². The maximum absolute atomic E-state index is 13.8. The Balaban J connectivity index is 2.29. The number of aromatic nitrogens is 2. The van der Waals surface area contributed by atoms with E-state index in [1.165, 1.54) is 36.2 Å². The van der Waals surface area contributed by atoms with Gasteiger partial charge in [0.15, 0.2) is 0 Å². The zero-order valence-corrected chi connectivity index (χ0v) is 11.1. The molecular weight excluding hydrogens is 263 g/mol. The number of hydrogen-bond acceptors (Lipinski definition) is 4. The Bertz CT molecular complexity index is 710. The minimum Gasteiger partial charge on any atom is -0.465 e. The molecule has 0 amide bonds. The molecule has 0 aliphatic rings. The van der Waals surface area contributed by atoms with E-state index in [0.717, 1.165) is 0 Å². The van der Waals surface area contributed by atoms with Gasteiger partial charge >= 0.3 is 5.97 Å². The molecule has 104 valence electrons. The number of benzene rings is 1. The first kappa shape index (κ1) is 13.9. The van der Waals surface area contributed by atoms with Crippen LogP contribution in [0.15, 0.2) is 35.4 Å². The highest BCUT2D eigenvalue weighted by molar-refractivity contribution is 5.89. The van der Waals surface area contributed by atoms with Gasteiger partial charge in [0.25, 0.3) is 5.56 Å². The first-order valence-corrected chi connectivity index (χ1v) is 5.91.